The molecule has 0 bridgehead atoms. The van der Waals surface area contributed by atoms with E-state index in [0.717, 1.165) is 12.3 Å². The lowest BCUT2D eigenvalue weighted by molar-refractivity contribution is -0.141. The molecule has 18 heavy (non-hydrogen) atoms. The van der Waals surface area contributed by atoms with Crippen molar-refractivity contribution in [3.05, 3.63) is 35.4 Å². The number of hydrazine groups is 1. The SMILES string of the molecule is C/C(NN)=C(\CO)Nc1ccc(C(F)(F)F)nc1. The Morgan fingerprint density at radius 3 is 2.50 bits per heavy atom. The lowest BCUT2D eigenvalue weighted by Gasteiger charge is -2.13. The molecule has 0 radical (unpaired) electrons. The van der Waals surface area contributed by atoms with E-state index in [1.54, 1.807) is 6.92 Å². The molecule has 0 fully saturated rings. The van der Waals surface area contributed by atoms with Gasteiger partial charge in [-0.15, -0.1) is 0 Å². The molecule has 1 aromatic rings. The Kier molecular flexibility index (Phi) is 4.51. The van der Waals surface area contributed by atoms with E-state index in [0.29, 0.717) is 17.1 Å². The van der Waals surface area contributed by atoms with Gasteiger partial charge in [0.2, 0.25) is 0 Å². The second kappa shape index (κ2) is 5.69. The Balaban J connectivity index is 2.87. The zero-order chi connectivity index (χ0) is 13.8. The van der Waals surface area contributed by atoms with E-state index < -0.39 is 11.9 Å². The summed E-state index contributed by atoms with van der Waals surface area (Å²) < 4.78 is 36.8. The number of nitrogens with one attached hydrogen (secondary N) is 2. The van der Waals surface area contributed by atoms with E-state index in [2.05, 4.69) is 15.7 Å². The van der Waals surface area contributed by atoms with Crippen LogP contribution >= 0.6 is 0 Å². The summed E-state index contributed by atoms with van der Waals surface area (Å²) >= 11 is 0. The first-order chi connectivity index (χ1) is 8.38. The Morgan fingerprint density at radius 2 is 2.11 bits per heavy atom. The maximum absolute atomic E-state index is 12.3. The van der Waals surface area contributed by atoms with Crippen molar-refractivity contribution in [3.63, 3.8) is 0 Å². The number of hydrogen-bond donors (Lipinski definition) is 4. The van der Waals surface area contributed by atoms with Crippen LogP contribution in [0.25, 0.3) is 0 Å². The highest BCUT2D eigenvalue weighted by atomic mass is 19.4. The van der Waals surface area contributed by atoms with E-state index in [1.165, 1.54) is 6.07 Å². The van der Waals surface area contributed by atoms with Crippen LogP contribution in [0, 0.1) is 0 Å². The number of aromatic nitrogens is 1. The molecule has 0 saturated heterocycles. The minimum atomic E-state index is -4.47. The van der Waals surface area contributed by atoms with Crippen molar-refractivity contribution < 1.29 is 18.3 Å². The molecule has 0 amide bonds. The fourth-order valence-corrected chi connectivity index (χ4v) is 1.15. The average Bonchev–Trinajstić information content (AvgIpc) is 2.34. The van der Waals surface area contributed by atoms with Gasteiger partial charge >= 0.3 is 6.18 Å². The molecule has 5 N–H and O–H groups in total. The Bertz CT molecular complexity index is 428. The number of hydrogen-bond acceptors (Lipinski definition) is 5. The third-order valence-electron chi connectivity index (χ3n) is 2.18. The van der Waals surface area contributed by atoms with Crippen molar-refractivity contribution in [2.45, 2.75) is 13.1 Å². The van der Waals surface area contributed by atoms with Gasteiger partial charge in [0, 0.05) is 5.70 Å². The molecule has 8 heteroatoms. The van der Waals surface area contributed by atoms with Gasteiger partial charge in [-0.05, 0) is 19.1 Å². The third kappa shape index (κ3) is 3.60. The van der Waals surface area contributed by atoms with Crippen LogP contribution in [0.2, 0.25) is 0 Å². The number of rotatable bonds is 4. The van der Waals surface area contributed by atoms with E-state index in [-0.39, 0.29) is 6.61 Å². The van der Waals surface area contributed by atoms with Crippen LogP contribution in [0.15, 0.2) is 29.7 Å². The van der Waals surface area contributed by atoms with Crippen molar-refractivity contribution in [3.8, 4) is 0 Å². The maximum atomic E-state index is 12.3. The van der Waals surface area contributed by atoms with Gasteiger partial charge in [0.25, 0.3) is 0 Å². The van der Waals surface area contributed by atoms with Gasteiger partial charge in [0.15, 0.2) is 0 Å². The van der Waals surface area contributed by atoms with Gasteiger partial charge in [0.05, 0.1) is 24.2 Å². The maximum Gasteiger partial charge on any atom is 0.433 e. The molecule has 0 aliphatic carbocycles. The normalized spacial score (nSPS) is 13.0. The highest BCUT2D eigenvalue weighted by molar-refractivity contribution is 5.47. The summed E-state index contributed by atoms with van der Waals surface area (Å²) in [5, 5.41) is 11.8. The first kappa shape index (κ1) is 14.3. The fraction of sp³-hybridized carbons (Fsp3) is 0.300. The number of allylic oxidation sites excluding steroid dienone is 1. The summed E-state index contributed by atoms with van der Waals surface area (Å²) in [4.78, 5) is 3.28. The molecule has 0 aliphatic rings. The van der Waals surface area contributed by atoms with Crippen LogP contribution in [-0.2, 0) is 6.18 Å². The number of pyridine rings is 1. The van der Waals surface area contributed by atoms with E-state index in [1.807, 2.05) is 0 Å². The minimum Gasteiger partial charge on any atom is -0.390 e. The molecule has 100 valence electrons. The topological polar surface area (TPSA) is 83.2 Å². The predicted octanol–water partition coefficient (Wildman–Crippen LogP) is 1.20. The zero-order valence-corrected chi connectivity index (χ0v) is 9.54. The molecule has 1 rings (SSSR count). The van der Waals surface area contributed by atoms with Crippen molar-refractivity contribution in [1.29, 1.82) is 0 Å². The van der Waals surface area contributed by atoms with Gasteiger partial charge in [-0.25, -0.2) is 4.98 Å². The molecule has 0 spiro atoms. The molecule has 0 saturated carbocycles. The van der Waals surface area contributed by atoms with Gasteiger partial charge in [-0.3, -0.25) is 5.84 Å². The number of alkyl halides is 3. The highest BCUT2D eigenvalue weighted by Gasteiger charge is 2.32. The lowest BCUT2D eigenvalue weighted by atomic mass is 10.3. The molecular formula is C10H13F3N4O. The van der Waals surface area contributed by atoms with E-state index >= 15 is 0 Å². The molecule has 0 aliphatic heterocycles. The Morgan fingerprint density at radius 1 is 1.44 bits per heavy atom. The van der Waals surface area contributed by atoms with E-state index in [4.69, 9.17) is 10.9 Å². The first-order valence-electron chi connectivity index (χ1n) is 4.96. The number of aliphatic hydroxyl groups excluding tert-OH is 1. The predicted molar refractivity (Wildman–Crippen MR) is 60.0 cm³/mol. The monoisotopic (exact) mass is 262 g/mol. The van der Waals surface area contributed by atoms with E-state index in [9.17, 15) is 13.2 Å². The zero-order valence-electron chi connectivity index (χ0n) is 9.54. The van der Waals surface area contributed by atoms with Crippen LogP contribution in [0.5, 0.6) is 0 Å². The fourth-order valence-electron chi connectivity index (χ4n) is 1.15. The highest BCUT2D eigenvalue weighted by Crippen LogP contribution is 2.27. The van der Waals surface area contributed by atoms with Gasteiger partial charge in [0.1, 0.15) is 5.69 Å². The number of anilines is 1. The quantitative estimate of drug-likeness (QED) is 0.484. The Hall–Kier alpha value is -1.80. The molecule has 1 heterocycles. The largest absolute Gasteiger partial charge is 0.433 e. The van der Waals surface area contributed by atoms with Crippen molar-refractivity contribution in [1.82, 2.24) is 10.4 Å². The summed E-state index contributed by atoms with van der Waals surface area (Å²) in [6, 6.07) is 2.07. The second-order valence-corrected chi connectivity index (χ2v) is 3.46. The van der Waals surface area contributed by atoms with Crippen LogP contribution in [0.4, 0.5) is 18.9 Å². The van der Waals surface area contributed by atoms with Crippen LogP contribution in [-0.4, -0.2) is 16.7 Å². The van der Waals surface area contributed by atoms with Crippen molar-refractivity contribution in [2.75, 3.05) is 11.9 Å². The minimum absolute atomic E-state index is 0.321. The molecule has 0 aromatic carbocycles. The Labute approximate surface area is 101 Å². The van der Waals surface area contributed by atoms with Crippen molar-refractivity contribution >= 4 is 5.69 Å². The van der Waals surface area contributed by atoms with Gasteiger partial charge in [-0.1, -0.05) is 0 Å². The molecular weight excluding hydrogens is 249 g/mol. The van der Waals surface area contributed by atoms with Gasteiger partial charge in [-0.2, -0.15) is 13.2 Å². The molecule has 0 atom stereocenters. The second-order valence-electron chi connectivity index (χ2n) is 3.46. The molecule has 5 nitrogen and oxygen atoms in total. The number of halogens is 3. The summed E-state index contributed by atoms with van der Waals surface area (Å²) in [5.41, 5.74) is 2.49. The van der Waals surface area contributed by atoms with Crippen molar-refractivity contribution in [2.24, 2.45) is 5.84 Å². The number of aliphatic hydroxyl groups is 1. The van der Waals surface area contributed by atoms with Gasteiger partial charge < -0.3 is 15.8 Å². The summed E-state index contributed by atoms with van der Waals surface area (Å²) in [5.74, 6) is 5.16. The first-order valence-corrected chi connectivity index (χ1v) is 4.96. The van der Waals surface area contributed by atoms with Crippen LogP contribution in [0.3, 0.4) is 0 Å². The molecule has 0 unspecified atom stereocenters. The summed E-state index contributed by atoms with van der Waals surface area (Å²) in [6.45, 7) is 1.27. The summed E-state index contributed by atoms with van der Waals surface area (Å²) in [7, 11) is 0. The smallest absolute Gasteiger partial charge is 0.390 e. The standard InChI is InChI=1S/C10H13F3N4O/c1-6(17-14)8(5-18)16-7-2-3-9(15-4-7)10(11,12)13/h2-4,16-18H,5,14H2,1H3/b8-6-. The lowest BCUT2D eigenvalue weighted by Crippen LogP contribution is -2.24. The third-order valence-corrected chi connectivity index (χ3v) is 2.18. The van der Waals surface area contributed by atoms with Crippen LogP contribution in [0.1, 0.15) is 12.6 Å². The molecule has 1 aromatic heterocycles. The summed E-state index contributed by atoms with van der Waals surface area (Å²) in [6.07, 6.45) is -3.44. The average molecular weight is 262 g/mol. The van der Waals surface area contributed by atoms with Crippen LogP contribution < -0.4 is 16.6 Å². The number of nitrogens with two attached hydrogens (primary N) is 1. The number of nitrogens with zero attached hydrogens (tertiary/aromatic N) is 1.